The molecule has 5 nitrogen and oxygen atoms in total. The Hall–Kier alpha value is -0.460. The largest absolute Gasteiger partial charge is 0.397 e. The van der Waals surface area contributed by atoms with Gasteiger partial charge in [-0.05, 0) is 12.8 Å². The van der Waals surface area contributed by atoms with E-state index in [0.717, 1.165) is 25.7 Å². The number of rotatable bonds is 19. The summed E-state index contributed by atoms with van der Waals surface area (Å²) in [4.78, 5) is 11.8. The van der Waals surface area contributed by atoms with Crippen molar-refractivity contribution in [3.63, 3.8) is 0 Å². The molecule has 0 aliphatic rings. The second kappa shape index (κ2) is 16.3. The molecule has 0 aromatic carbocycles. The number of hydrogen-bond acceptors (Lipinski definition) is 4. The van der Waals surface area contributed by atoms with Crippen LogP contribution in [0.1, 0.15) is 124 Å². The Labute approximate surface area is 174 Å². The molecule has 0 fully saturated rings. The molecule has 0 aromatic rings. The van der Waals surface area contributed by atoms with E-state index < -0.39 is 10.4 Å². The maximum atomic E-state index is 11.8. The van der Waals surface area contributed by atoms with Gasteiger partial charge in [0.15, 0.2) is 0 Å². The van der Waals surface area contributed by atoms with Crippen LogP contribution in [0.4, 0.5) is 0 Å². The van der Waals surface area contributed by atoms with Gasteiger partial charge in [-0.15, -0.1) is 0 Å². The van der Waals surface area contributed by atoms with Crippen molar-refractivity contribution in [2.75, 3.05) is 6.61 Å². The molecule has 0 amide bonds. The lowest BCUT2D eigenvalue weighted by Crippen LogP contribution is -2.19. The summed E-state index contributed by atoms with van der Waals surface area (Å²) >= 11 is 0. The highest BCUT2D eigenvalue weighted by Crippen LogP contribution is 2.19. The highest BCUT2D eigenvalue weighted by atomic mass is 32.3. The van der Waals surface area contributed by atoms with E-state index in [4.69, 9.17) is 4.55 Å². The Balaban J connectivity index is 3.17. The van der Waals surface area contributed by atoms with Gasteiger partial charge in [0.05, 0.1) is 6.61 Å². The molecule has 0 aromatic heterocycles. The number of hydrogen-bond donors (Lipinski definition) is 1. The quantitative estimate of drug-likeness (QED) is 0.186. The molecule has 0 saturated heterocycles. The highest BCUT2D eigenvalue weighted by Gasteiger charge is 2.19. The van der Waals surface area contributed by atoms with Gasteiger partial charge in [-0.2, -0.15) is 8.42 Å². The second-order valence-electron chi connectivity index (χ2n) is 8.98. The fraction of sp³-hybridized carbons (Fsp3) is 0.955. The van der Waals surface area contributed by atoms with Gasteiger partial charge in [-0.25, -0.2) is 4.18 Å². The molecule has 0 radical (unpaired) electrons. The number of carbonyl (C=O) groups is 1. The Morgan fingerprint density at radius 2 is 1.00 bits per heavy atom. The minimum atomic E-state index is -4.27. The minimum Gasteiger partial charge on any atom is -0.299 e. The van der Waals surface area contributed by atoms with E-state index in [9.17, 15) is 13.2 Å². The van der Waals surface area contributed by atoms with Gasteiger partial charge in [0.25, 0.3) is 0 Å². The van der Waals surface area contributed by atoms with Gasteiger partial charge in [0, 0.05) is 11.8 Å². The molecular formula is C22H44O5S. The number of carbonyl (C=O) groups excluding carboxylic acids is 1. The van der Waals surface area contributed by atoms with Crippen LogP contribution in [0, 0.1) is 5.41 Å². The lowest BCUT2D eigenvalue weighted by atomic mass is 9.88. The van der Waals surface area contributed by atoms with Crippen LogP contribution >= 0.6 is 0 Å². The van der Waals surface area contributed by atoms with Crippen LogP contribution in [0.2, 0.25) is 0 Å². The van der Waals surface area contributed by atoms with E-state index >= 15 is 0 Å². The standard InChI is InChI=1S/C22H44O5S/c1-22(2,3)21(23)19-17-15-13-11-9-7-5-4-6-8-10-12-14-16-18-20-27-28(24,25)26/h4-20H2,1-3H3,(H,24,25,26). The third-order valence-corrected chi connectivity index (χ3v) is 5.58. The maximum absolute atomic E-state index is 11.8. The first kappa shape index (κ1) is 27.5. The third kappa shape index (κ3) is 20.3. The maximum Gasteiger partial charge on any atom is 0.397 e. The van der Waals surface area contributed by atoms with Gasteiger partial charge in [0.2, 0.25) is 0 Å². The molecule has 1 N–H and O–H groups in total. The monoisotopic (exact) mass is 420 g/mol. The van der Waals surface area contributed by atoms with Crippen LogP contribution < -0.4 is 0 Å². The lowest BCUT2D eigenvalue weighted by molar-refractivity contribution is -0.126. The van der Waals surface area contributed by atoms with Crippen LogP contribution in [0.15, 0.2) is 0 Å². The van der Waals surface area contributed by atoms with Crippen LogP contribution in [0.3, 0.4) is 0 Å². The average molecular weight is 421 g/mol. The summed E-state index contributed by atoms with van der Waals surface area (Å²) in [6.07, 6.45) is 18.5. The Kier molecular flexibility index (Phi) is 16.1. The molecule has 0 bridgehead atoms. The van der Waals surface area contributed by atoms with Crippen molar-refractivity contribution in [3.8, 4) is 0 Å². The zero-order valence-corrected chi connectivity index (χ0v) is 19.3. The molecule has 0 saturated carbocycles. The van der Waals surface area contributed by atoms with E-state index in [-0.39, 0.29) is 12.0 Å². The fourth-order valence-electron chi connectivity index (χ4n) is 3.22. The fourth-order valence-corrected chi connectivity index (χ4v) is 3.55. The van der Waals surface area contributed by atoms with Crippen molar-refractivity contribution in [2.24, 2.45) is 5.41 Å². The van der Waals surface area contributed by atoms with E-state index in [1.165, 1.54) is 70.6 Å². The predicted octanol–water partition coefficient (Wildman–Crippen LogP) is 6.66. The minimum absolute atomic E-state index is 0.0773. The van der Waals surface area contributed by atoms with Gasteiger partial charge < -0.3 is 0 Å². The normalized spacial score (nSPS) is 12.4. The molecule has 0 unspecified atom stereocenters. The van der Waals surface area contributed by atoms with Crippen LogP contribution in [0.5, 0.6) is 0 Å². The molecule has 0 heterocycles. The van der Waals surface area contributed by atoms with Gasteiger partial charge in [-0.1, -0.05) is 104 Å². The predicted molar refractivity (Wildman–Crippen MR) is 116 cm³/mol. The number of unbranched alkanes of at least 4 members (excludes halogenated alkanes) is 14. The molecule has 0 aliphatic heterocycles. The van der Waals surface area contributed by atoms with Crippen LogP contribution in [-0.2, 0) is 19.4 Å². The Bertz CT molecular complexity index is 480. The molecule has 28 heavy (non-hydrogen) atoms. The van der Waals surface area contributed by atoms with Crippen LogP contribution in [-0.4, -0.2) is 25.4 Å². The van der Waals surface area contributed by atoms with E-state index in [2.05, 4.69) is 4.18 Å². The molecule has 0 aliphatic carbocycles. The molecule has 6 heteroatoms. The van der Waals surface area contributed by atoms with Crippen molar-refractivity contribution in [3.05, 3.63) is 0 Å². The first-order valence-corrected chi connectivity index (χ1v) is 12.6. The molecule has 168 valence electrons. The topological polar surface area (TPSA) is 80.7 Å². The zero-order chi connectivity index (χ0) is 21.3. The van der Waals surface area contributed by atoms with Crippen molar-refractivity contribution >= 4 is 16.2 Å². The summed E-state index contributed by atoms with van der Waals surface area (Å²) in [6, 6.07) is 0. The van der Waals surface area contributed by atoms with E-state index in [1.54, 1.807) is 0 Å². The molecule has 0 rings (SSSR count). The van der Waals surface area contributed by atoms with Gasteiger partial charge in [0.1, 0.15) is 5.78 Å². The Morgan fingerprint density at radius 3 is 1.32 bits per heavy atom. The summed E-state index contributed by atoms with van der Waals surface area (Å²) in [6.45, 7) is 6.08. The number of ketones is 1. The summed E-state index contributed by atoms with van der Waals surface area (Å²) in [5.74, 6) is 0.388. The zero-order valence-electron chi connectivity index (χ0n) is 18.5. The van der Waals surface area contributed by atoms with Gasteiger partial charge in [-0.3, -0.25) is 9.35 Å². The third-order valence-electron chi connectivity index (χ3n) is 5.12. The number of Topliss-reactive ketones (excluding diaryl/α,β-unsaturated/α-hetero) is 1. The molecule has 0 atom stereocenters. The second-order valence-corrected chi connectivity index (χ2v) is 10.1. The highest BCUT2D eigenvalue weighted by molar-refractivity contribution is 7.80. The van der Waals surface area contributed by atoms with Crippen molar-refractivity contribution in [2.45, 2.75) is 124 Å². The van der Waals surface area contributed by atoms with Crippen molar-refractivity contribution < 1.29 is 21.9 Å². The smallest absolute Gasteiger partial charge is 0.299 e. The molecule has 0 spiro atoms. The summed E-state index contributed by atoms with van der Waals surface area (Å²) in [7, 11) is -4.27. The average Bonchev–Trinajstić information content (AvgIpc) is 2.58. The summed E-state index contributed by atoms with van der Waals surface area (Å²) in [5, 5.41) is 0. The first-order chi connectivity index (χ1) is 13.1. The Morgan fingerprint density at radius 1 is 0.679 bits per heavy atom. The SMILES string of the molecule is CC(C)(C)C(=O)CCCCCCCCCCCCCCCCCOS(=O)(=O)O. The van der Waals surface area contributed by atoms with Crippen molar-refractivity contribution in [1.29, 1.82) is 0 Å². The molecular weight excluding hydrogens is 376 g/mol. The van der Waals surface area contributed by atoms with Crippen molar-refractivity contribution in [1.82, 2.24) is 0 Å². The summed E-state index contributed by atoms with van der Waals surface area (Å²) in [5.41, 5.74) is -0.180. The lowest BCUT2D eigenvalue weighted by Gasteiger charge is -2.16. The van der Waals surface area contributed by atoms with E-state index in [0.29, 0.717) is 12.2 Å². The van der Waals surface area contributed by atoms with Crippen LogP contribution in [0.25, 0.3) is 0 Å². The first-order valence-electron chi connectivity index (χ1n) is 11.3. The van der Waals surface area contributed by atoms with E-state index in [1.807, 2.05) is 20.8 Å². The van der Waals surface area contributed by atoms with Gasteiger partial charge >= 0.3 is 10.4 Å². The summed E-state index contributed by atoms with van der Waals surface area (Å²) < 4.78 is 33.4.